The molecule has 164 valence electrons. The number of aromatic hydroxyl groups is 1. The molecule has 1 atom stereocenters. The number of rotatable bonds is 6. The molecule has 3 aromatic carbocycles. The van der Waals surface area contributed by atoms with Crippen LogP contribution in [0.3, 0.4) is 0 Å². The average molecular weight is 440 g/mol. The third kappa shape index (κ3) is 4.95. The third-order valence-electron chi connectivity index (χ3n) is 5.57. The Bertz CT molecular complexity index is 1110. The van der Waals surface area contributed by atoms with E-state index in [1.165, 1.54) is 0 Å². The van der Waals surface area contributed by atoms with Crippen molar-refractivity contribution in [1.82, 2.24) is 0 Å². The highest BCUT2D eigenvalue weighted by atomic mass is 31.2. The number of phosphoric ester groups is 1. The fraction of sp³-hybridized carbons (Fsp3) is 0.280. The van der Waals surface area contributed by atoms with Gasteiger partial charge >= 0.3 is 7.82 Å². The second-order valence-electron chi connectivity index (χ2n) is 8.49. The van der Waals surface area contributed by atoms with E-state index in [9.17, 15) is 14.6 Å². The van der Waals surface area contributed by atoms with Crippen LogP contribution in [-0.4, -0.2) is 10.00 Å². The van der Waals surface area contributed by atoms with E-state index in [4.69, 9.17) is 9.05 Å². The Morgan fingerprint density at radius 1 is 0.774 bits per heavy atom. The minimum atomic E-state index is -4.35. The summed E-state index contributed by atoms with van der Waals surface area (Å²) in [6, 6.07) is 16.3. The monoisotopic (exact) mass is 440 g/mol. The van der Waals surface area contributed by atoms with Gasteiger partial charge in [0.05, 0.1) is 0 Å². The highest BCUT2D eigenvalue weighted by Gasteiger charge is 2.29. The maximum Gasteiger partial charge on any atom is 0.584 e. The average Bonchev–Trinajstić information content (AvgIpc) is 2.68. The number of phenolic OH excluding ortho intramolecular Hbond substituents is 1. The van der Waals surface area contributed by atoms with Crippen LogP contribution in [0.5, 0.6) is 17.2 Å². The number of benzene rings is 3. The molecule has 0 bridgehead atoms. The van der Waals surface area contributed by atoms with Gasteiger partial charge in [0.1, 0.15) is 17.2 Å². The van der Waals surface area contributed by atoms with Crippen LogP contribution in [0.2, 0.25) is 0 Å². The first-order chi connectivity index (χ1) is 14.4. The van der Waals surface area contributed by atoms with Gasteiger partial charge in [0.25, 0.3) is 0 Å². The fourth-order valence-electron chi connectivity index (χ4n) is 3.69. The Morgan fingerprint density at radius 2 is 1.23 bits per heavy atom. The Balaban J connectivity index is 1.94. The van der Waals surface area contributed by atoms with E-state index in [-0.39, 0.29) is 11.2 Å². The molecule has 5 nitrogen and oxygen atoms in total. The molecule has 2 N–H and O–H groups in total. The van der Waals surface area contributed by atoms with Crippen molar-refractivity contribution < 1.29 is 23.6 Å². The maximum absolute atomic E-state index is 12.6. The molecule has 6 heteroatoms. The predicted molar refractivity (Wildman–Crippen MR) is 123 cm³/mol. The van der Waals surface area contributed by atoms with Gasteiger partial charge in [0.15, 0.2) is 0 Å². The van der Waals surface area contributed by atoms with Crippen LogP contribution in [0.25, 0.3) is 0 Å². The van der Waals surface area contributed by atoms with Crippen molar-refractivity contribution in [3.05, 3.63) is 88.0 Å². The van der Waals surface area contributed by atoms with E-state index in [1.54, 1.807) is 30.3 Å². The summed E-state index contributed by atoms with van der Waals surface area (Å²) >= 11 is 0. The van der Waals surface area contributed by atoms with Gasteiger partial charge in [-0.15, -0.1) is 0 Å². The first-order valence-electron chi connectivity index (χ1n) is 10.1. The number of hydrogen-bond donors (Lipinski definition) is 2. The van der Waals surface area contributed by atoms with Crippen molar-refractivity contribution in [1.29, 1.82) is 0 Å². The normalized spacial score (nSPS) is 13.5. The van der Waals surface area contributed by atoms with Crippen molar-refractivity contribution in [3.63, 3.8) is 0 Å². The molecule has 0 saturated heterocycles. The highest BCUT2D eigenvalue weighted by molar-refractivity contribution is 7.48. The molecule has 3 aromatic rings. The van der Waals surface area contributed by atoms with Crippen LogP contribution < -0.4 is 9.05 Å². The second kappa shape index (κ2) is 8.41. The molecule has 3 rings (SSSR count). The lowest BCUT2D eigenvalue weighted by molar-refractivity contribution is 0.289. The lowest BCUT2D eigenvalue weighted by Gasteiger charge is -2.29. The number of phenols is 1. The quantitative estimate of drug-likeness (QED) is 0.427. The van der Waals surface area contributed by atoms with E-state index in [2.05, 4.69) is 13.8 Å². The van der Waals surface area contributed by atoms with Crippen LogP contribution in [0.1, 0.15) is 47.2 Å². The van der Waals surface area contributed by atoms with Crippen molar-refractivity contribution in [2.75, 3.05) is 0 Å². The van der Waals surface area contributed by atoms with Gasteiger partial charge in [-0.05, 0) is 73.2 Å². The zero-order valence-electron chi connectivity index (χ0n) is 18.8. The molecule has 1 unspecified atom stereocenters. The summed E-state index contributed by atoms with van der Waals surface area (Å²) in [7, 11) is -4.35. The summed E-state index contributed by atoms with van der Waals surface area (Å²) in [6.45, 7) is 11.7. The molecule has 31 heavy (non-hydrogen) atoms. The van der Waals surface area contributed by atoms with Gasteiger partial charge in [-0.1, -0.05) is 56.3 Å². The number of phosphoric acid groups is 1. The largest absolute Gasteiger partial charge is 0.584 e. The number of para-hydroxylation sites is 1. The lowest BCUT2D eigenvalue weighted by atomic mass is 9.76. The molecule has 0 aliphatic carbocycles. The summed E-state index contributed by atoms with van der Waals surface area (Å²) in [5.74, 6) is 0.909. The molecule has 0 aliphatic heterocycles. The van der Waals surface area contributed by atoms with Crippen molar-refractivity contribution in [3.8, 4) is 17.2 Å². The minimum Gasteiger partial charge on any atom is -0.507 e. The lowest BCUT2D eigenvalue weighted by Crippen LogP contribution is -2.20. The molecule has 0 radical (unpaired) electrons. The van der Waals surface area contributed by atoms with Crippen LogP contribution in [0.4, 0.5) is 0 Å². The van der Waals surface area contributed by atoms with Crippen LogP contribution in [-0.2, 0) is 9.98 Å². The van der Waals surface area contributed by atoms with Gasteiger partial charge in [0.2, 0.25) is 0 Å². The van der Waals surface area contributed by atoms with Crippen LogP contribution in [0, 0.1) is 27.7 Å². The van der Waals surface area contributed by atoms with Gasteiger partial charge in [-0.3, -0.25) is 4.89 Å². The number of hydrogen-bond acceptors (Lipinski definition) is 4. The first-order valence-corrected chi connectivity index (χ1v) is 11.6. The summed E-state index contributed by atoms with van der Waals surface area (Å²) in [5, 5.41) is 10.1. The summed E-state index contributed by atoms with van der Waals surface area (Å²) in [6.07, 6.45) is 0. The Morgan fingerprint density at radius 3 is 1.71 bits per heavy atom. The first kappa shape index (κ1) is 22.9. The zero-order chi connectivity index (χ0) is 23.0. The van der Waals surface area contributed by atoms with Gasteiger partial charge in [-0.25, -0.2) is 4.57 Å². The van der Waals surface area contributed by atoms with Crippen molar-refractivity contribution >= 4 is 7.82 Å². The van der Waals surface area contributed by atoms with E-state index in [1.807, 2.05) is 52.0 Å². The van der Waals surface area contributed by atoms with E-state index in [0.29, 0.717) is 11.5 Å². The molecule has 0 aromatic heterocycles. The molecule has 0 aliphatic rings. The van der Waals surface area contributed by atoms with Crippen molar-refractivity contribution in [2.45, 2.75) is 47.0 Å². The second-order valence-corrected chi connectivity index (χ2v) is 9.79. The van der Waals surface area contributed by atoms with Crippen LogP contribution >= 0.6 is 7.82 Å². The Kier molecular flexibility index (Phi) is 6.22. The Labute approximate surface area is 183 Å². The third-order valence-corrected chi connectivity index (χ3v) is 6.42. The maximum atomic E-state index is 12.6. The summed E-state index contributed by atoms with van der Waals surface area (Å²) in [4.78, 5) is 10.3. The standard InChI is InChI=1S/C25H29O5P/c1-16-12-20(13-17(2)23(16)26)25(5,6)21-14-18(3)24(19(4)15-21)30-31(27,28)29-22-10-8-7-9-11-22/h7-15,26H,1-6H3,(H,27,28). The molecule has 0 heterocycles. The van der Waals surface area contributed by atoms with Gasteiger partial charge in [0, 0.05) is 5.41 Å². The molecule has 0 saturated carbocycles. The minimum absolute atomic E-state index is 0.263. The SMILES string of the molecule is Cc1cc(C(C)(C)c2cc(C)c(OP(=O)(O)Oc3ccccc3)c(C)c2)cc(C)c1O. The predicted octanol–water partition coefficient (Wildman–Crippen LogP) is 6.51. The molecular formula is C25H29O5P. The van der Waals surface area contributed by atoms with Gasteiger partial charge < -0.3 is 14.2 Å². The van der Waals surface area contributed by atoms with Gasteiger partial charge in [-0.2, -0.15) is 0 Å². The topological polar surface area (TPSA) is 76.0 Å². The zero-order valence-corrected chi connectivity index (χ0v) is 19.7. The van der Waals surface area contributed by atoms with E-state index in [0.717, 1.165) is 33.4 Å². The fourth-order valence-corrected chi connectivity index (χ4v) is 4.63. The van der Waals surface area contributed by atoms with E-state index >= 15 is 0 Å². The van der Waals surface area contributed by atoms with E-state index < -0.39 is 7.82 Å². The number of aryl methyl sites for hydroxylation is 4. The Hall–Kier alpha value is -2.75. The summed E-state index contributed by atoms with van der Waals surface area (Å²) in [5.41, 5.74) is 4.90. The highest BCUT2D eigenvalue weighted by Crippen LogP contribution is 2.47. The summed E-state index contributed by atoms with van der Waals surface area (Å²) < 4.78 is 23.2. The van der Waals surface area contributed by atoms with Crippen molar-refractivity contribution in [2.24, 2.45) is 0 Å². The molecule has 0 spiro atoms. The molecular weight excluding hydrogens is 411 g/mol. The smallest absolute Gasteiger partial charge is 0.507 e. The van der Waals surface area contributed by atoms with Crippen LogP contribution in [0.15, 0.2) is 54.6 Å². The molecule has 0 amide bonds. The molecule has 0 fully saturated rings.